The third-order valence-electron chi connectivity index (χ3n) is 3.30. The van der Waals surface area contributed by atoms with Gasteiger partial charge in [0.2, 0.25) is 0 Å². The van der Waals surface area contributed by atoms with Crippen LogP contribution in [0.4, 0.5) is 0 Å². The number of ketones is 3. The van der Waals surface area contributed by atoms with Crippen molar-refractivity contribution in [3.8, 4) is 0 Å². The van der Waals surface area contributed by atoms with Crippen LogP contribution in [0.25, 0.3) is 0 Å². The van der Waals surface area contributed by atoms with E-state index in [0.717, 1.165) is 19.3 Å². The monoisotopic (exact) mass is 403 g/mol. The summed E-state index contributed by atoms with van der Waals surface area (Å²) in [6.07, 6.45) is 3.20. The highest BCUT2D eigenvalue weighted by atomic mass is 16.1. The Morgan fingerprint density at radius 1 is 0.714 bits per heavy atom. The van der Waals surface area contributed by atoms with Crippen LogP contribution in [0, 0.1) is 23.7 Å². The highest BCUT2D eigenvalue weighted by Crippen LogP contribution is 2.07. The minimum absolute atomic E-state index is 0.221. The topological polar surface area (TPSA) is 77.2 Å². The van der Waals surface area contributed by atoms with Crippen LogP contribution in [-0.4, -0.2) is 24.4 Å². The van der Waals surface area contributed by atoms with Gasteiger partial charge in [0.1, 0.15) is 17.3 Å². The smallest absolute Gasteiger partial charge is 0.135 e. The fraction of sp³-hybridized carbons (Fsp3) is 0.875. The van der Waals surface area contributed by atoms with Crippen LogP contribution in [0.5, 0.6) is 0 Å². The van der Waals surface area contributed by atoms with E-state index in [1.165, 1.54) is 7.05 Å². The molecule has 0 radical (unpaired) electrons. The van der Waals surface area contributed by atoms with Gasteiger partial charge in [-0.3, -0.25) is 9.59 Å². The summed E-state index contributed by atoms with van der Waals surface area (Å²) < 4.78 is 0. The van der Waals surface area contributed by atoms with Gasteiger partial charge in [0.05, 0.1) is 0 Å². The molecule has 0 bridgehead atoms. The molecule has 0 aromatic heterocycles. The Labute approximate surface area is 177 Å². The largest absolute Gasteiger partial charge is 0.333 e. The summed E-state index contributed by atoms with van der Waals surface area (Å²) in [7, 11) is 1.50. The van der Waals surface area contributed by atoms with Gasteiger partial charge in [-0.25, -0.2) is 0 Å². The van der Waals surface area contributed by atoms with E-state index in [0.29, 0.717) is 29.8 Å². The molecule has 0 aromatic rings. The van der Waals surface area contributed by atoms with Crippen molar-refractivity contribution in [3.05, 3.63) is 0 Å². The number of hydrogen-bond donors (Lipinski definition) is 1. The van der Waals surface area contributed by atoms with Crippen molar-refractivity contribution in [2.45, 2.75) is 109 Å². The van der Waals surface area contributed by atoms with E-state index >= 15 is 0 Å². The first-order valence-corrected chi connectivity index (χ1v) is 11.0. The lowest BCUT2D eigenvalue weighted by molar-refractivity contribution is -0.122. The summed E-state index contributed by atoms with van der Waals surface area (Å²) in [5.74, 6) is 2.66. The summed E-state index contributed by atoms with van der Waals surface area (Å²) >= 11 is 0. The van der Waals surface area contributed by atoms with Crippen LogP contribution in [0.3, 0.4) is 0 Å². The van der Waals surface area contributed by atoms with Gasteiger partial charge in [0.15, 0.2) is 0 Å². The van der Waals surface area contributed by atoms with Crippen LogP contribution in [-0.2, 0) is 14.4 Å². The quantitative estimate of drug-likeness (QED) is 0.502. The molecule has 4 heteroatoms. The molecule has 0 aromatic carbocycles. The summed E-state index contributed by atoms with van der Waals surface area (Å²) in [4.78, 5) is 31.8. The third kappa shape index (κ3) is 44.4. The van der Waals surface area contributed by atoms with E-state index in [2.05, 4.69) is 19.6 Å². The minimum atomic E-state index is 0.221. The molecule has 0 aliphatic rings. The standard InChI is InChI=1S/C9H18O.2C6H12O.C2H6.CH5N/c1-7(2)5-6-9(10)8(3)4;1-5(2)4-6(3)7;1-4-6(7)5(2)3;2*1-2/h7-8H,5-6H2,1-4H3;2*5H,4H2,1-3H3;1-2H3;2H2,1H3. The van der Waals surface area contributed by atoms with Crippen LogP contribution < -0.4 is 5.73 Å². The first kappa shape index (κ1) is 37.7. The third-order valence-corrected chi connectivity index (χ3v) is 3.30. The second-order valence-electron chi connectivity index (χ2n) is 7.83. The first-order chi connectivity index (χ1) is 12.8. The van der Waals surface area contributed by atoms with E-state index in [4.69, 9.17) is 0 Å². The van der Waals surface area contributed by atoms with Gasteiger partial charge in [0.25, 0.3) is 0 Å². The minimum Gasteiger partial charge on any atom is -0.333 e. The van der Waals surface area contributed by atoms with Crippen LogP contribution in [0.2, 0.25) is 0 Å². The first-order valence-electron chi connectivity index (χ1n) is 11.0. The molecular formula is C24H53NO3. The maximum absolute atomic E-state index is 11.0. The average molecular weight is 404 g/mol. The van der Waals surface area contributed by atoms with Crippen molar-refractivity contribution in [3.63, 3.8) is 0 Å². The maximum Gasteiger partial charge on any atom is 0.135 e. The van der Waals surface area contributed by atoms with Crippen LogP contribution in [0.15, 0.2) is 0 Å². The zero-order valence-corrected chi connectivity index (χ0v) is 21.4. The molecule has 0 unspecified atom stereocenters. The van der Waals surface area contributed by atoms with E-state index < -0.39 is 0 Å². The average Bonchev–Trinajstić information content (AvgIpc) is 2.61. The molecule has 0 aliphatic carbocycles. The molecule has 0 saturated heterocycles. The number of rotatable bonds is 8. The van der Waals surface area contributed by atoms with Crippen molar-refractivity contribution in [1.29, 1.82) is 0 Å². The Bertz CT molecular complexity index is 346. The Hall–Kier alpha value is -1.03. The van der Waals surface area contributed by atoms with E-state index in [-0.39, 0.29) is 17.6 Å². The Kier molecular flexibility index (Phi) is 37.9. The molecule has 0 spiro atoms. The second kappa shape index (κ2) is 28.2. The zero-order valence-electron chi connectivity index (χ0n) is 21.4. The Morgan fingerprint density at radius 3 is 1.18 bits per heavy atom. The fourth-order valence-corrected chi connectivity index (χ4v) is 1.70. The molecule has 2 N–H and O–H groups in total. The van der Waals surface area contributed by atoms with Crippen LogP contribution in [0.1, 0.15) is 109 Å². The molecule has 0 aliphatic heterocycles. The van der Waals surface area contributed by atoms with Gasteiger partial charge in [-0.15, -0.1) is 0 Å². The maximum atomic E-state index is 11.0. The van der Waals surface area contributed by atoms with Gasteiger partial charge in [0, 0.05) is 31.1 Å². The highest BCUT2D eigenvalue weighted by Gasteiger charge is 2.06. The number of carbonyl (C=O) groups excluding carboxylic acids is 3. The van der Waals surface area contributed by atoms with E-state index in [1.807, 2.05) is 62.3 Å². The summed E-state index contributed by atoms with van der Waals surface area (Å²) in [6.45, 7) is 23.7. The van der Waals surface area contributed by atoms with E-state index in [1.54, 1.807) is 6.92 Å². The van der Waals surface area contributed by atoms with Crippen molar-refractivity contribution in [2.75, 3.05) is 7.05 Å². The van der Waals surface area contributed by atoms with Gasteiger partial charge in [-0.05, 0) is 32.2 Å². The van der Waals surface area contributed by atoms with Crippen molar-refractivity contribution < 1.29 is 14.4 Å². The molecule has 0 fully saturated rings. The lowest BCUT2D eigenvalue weighted by Gasteiger charge is -2.05. The molecule has 4 nitrogen and oxygen atoms in total. The van der Waals surface area contributed by atoms with Gasteiger partial charge >= 0.3 is 0 Å². The normalized spacial score (nSPS) is 9.21. The zero-order chi connectivity index (χ0) is 23.9. The van der Waals surface area contributed by atoms with Gasteiger partial charge in [-0.2, -0.15) is 0 Å². The molecule has 0 saturated carbocycles. The lowest BCUT2D eigenvalue weighted by Crippen LogP contribution is -2.07. The van der Waals surface area contributed by atoms with Crippen LogP contribution >= 0.6 is 0 Å². The molecule has 0 rings (SSSR count). The summed E-state index contributed by atoms with van der Waals surface area (Å²) in [6, 6.07) is 0. The molecule has 0 atom stereocenters. The predicted octanol–water partition coefficient (Wildman–Crippen LogP) is 6.49. The second-order valence-corrected chi connectivity index (χ2v) is 7.83. The highest BCUT2D eigenvalue weighted by molar-refractivity contribution is 5.80. The Balaban J connectivity index is -0.0000000880. The molecule has 28 heavy (non-hydrogen) atoms. The number of hydrogen-bond acceptors (Lipinski definition) is 4. The molecule has 0 amide bonds. The fourth-order valence-electron chi connectivity index (χ4n) is 1.70. The van der Waals surface area contributed by atoms with Crippen molar-refractivity contribution in [2.24, 2.45) is 29.4 Å². The van der Waals surface area contributed by atoms with Gasteiger partial charge < -0.3 is 10.5 Å². The number of carbonyl (C=O) groups is 3. The SMILES string of the molecule is CC.CC(=O)CC(C)C.CC(C)CCC(=O)C(C)C.CCC(=O)C(C)C.CN. The van der Waals surface area contributed by atoms with Gasteiger partial charge in [-0.1, -0.05) is 76.2 Å². The Morgan fingerprint density at radius 2 is 1.07 bits per heavy atom. The predicted molar refractivity (Wildman–Crippen MR) is 126 cm³/mol. The lowest BCUT2D eigenvalue weighted by atomic mass is 10.00. The van der Waals surface area contributed by atoms with E-state index in [9.17, 15) is 14.4 Å². The van der Waals surface area contributed by atoms with Crippen molar-refractivity contribution >= 4 is 17.3 Å². The molecule has 0 heterocycles. The molecule has 172 valence electrons. The van der Waals surface area contributed by atoms with Crippen molar-refractivity contribution in [1.82, 2.24) is 0 Å². The summed E-state index contributed by atoms with van der Waals surface area (Å²) in [5, 5.41) is 0. The number of nitrogens with two attached hydrogens (primary N) is 1. The molecular weight excluding hydrogens is 350 g/mol. The summed E-state index contributed by atoms with van der Waals surface area (Å²) in [5.41, 5.74) is 4.50. The number of Topliss-reactive ketones (excluding diaryl/α,β-unsaturated/α-hetero) is 3.